The van der Waals surface area contributed by atoms with E-state index < -0.39 is 10.0 Å². The van der Waals surface area contributed by atoms with Gasteiger partial charge in [0.1, 0.15) is 0 Å². The molecule has 2 rings (SSSR count). The molecular weight excluding hydrogens is 376 g/mol. The third-order valence-electron chi connectivity index (χ3n) is 5.32. The molecule has 2 N–H and O–H groups in total. The quantitative estimate of drug-likeness (QED) is 0.625. The minimum absolute atomic E-state index is 0.0700. The maximum Gasteiger partial charge on any atom is 0.241 e. The van der Waals surface area contributed by atoms with E-state index in [9.17, 15) is 13.2 Å². The molecule has 1 aromatic carbocycles. The molecule has 154 valence electrons. The summed E-state index contributed by atoms with van der Waals surface area (Å²) in [4.78, 5) is 16.2. The van der Waals surface area contributed by atoms with Crippen molar-refractivity contribution in [1.82, 2.24) is 19.6 Å². The molecule has 7 nitrogen and oxygen atoms in total. The van der Waals surface area contributed by atoms with Gasteiger partial charge in [-0.15, -0.1) is 0 Å². The minimum Gasteiger partial charge on any atom is -0.356 e. The summed E-state index contributed by atoms with van der Waals surface area (Å²) < 4.78 is 30.1. The fourth-order valence-electron chi connectivity index (χ4n) is 3.24. The molecular formula is C20H30N4O3S. The van der Waals surface area contributed by atoms with Crippen LogP contribution < -0.4 is 10.0 Å². The van der Waals surface area contributed by atoms with Crippen LogP contribution in [0.5, 0.6) is 0 Å². The molecule has 0 saturated heterocycles. The summed E-state index contributed by atoms with van der Waals surface area (Å²) >= 11 is 0. The van der Waals surface area contributed by atoms with Crippen LogP contribution >= 0.6 is 0 Å². The number of aromatic nitrogens is 2. The zero-order chi connectivity index (χ0) is 20.9. The van der Waals surface area contributed by atoms with Crippen molar-refractivity contribution in [3.63, 3.8) is 0 Å². The summed E-state index contributed by atoms with van der Waals surface area (Å²) in [5.41, 5.74) is 4.61. The van der Waals surface area contributed by atoms with Crippen molar-refractivity contribution in [2.45, 2.75) is 58.9 Å². The highest BCUT2D eigenvalue weighted by Gasteiger charge is 2.23. The van der Waals surface area contributed by atoms with Crippen molar-refractivity contribution in [3.8, 4) is 0 Å². The smallest absolute Gasteiger partial charge is 0.241 e. The van der Waals surface area contributed by atoms with Gasteiger partial charge in [-0.3, -0.25) is 4.79 Å². The molecule has 0 unspecified atom stereocenters. The van der Waals surface area contributed by atoms with Gasteiger partial charge in [-0.05, 0) is 68.9 Å². The third kappa shape index (κ3) is 5.20. The van der Waals surface area contributed by atoms with Crippen LogP contribution in [0.3, 0.4) is 0 Å². The number of amides is 1. The van der Waals surface area contributed by atoms with Crippen molar-refractivity contribution in [1.29, 1.82) is 0 Å². The number of carbonyl (C=O) groups is 1. The molecule has 0 fully saturated rings. The van der Waals surface area contributed by atoms with Gasteiger partial charge in [0, 0.05) is 38.4 Å². The number of nitrogens with one attached hydrogen (secondary N) is 2. The van der Waals surface area contributed by atoms with Crippen molar-refractivity contribution >= 4 is 15.9 Å². The maximum atomic E-state index is 12.8. The molecule has 1 aromatic heterocycles. The van der Waals surface area contributed by atoms with Gasteiger partial charge >= 0.3 is 0 Å². The van der Waals surface area contributed by atoms with Gasteiger partial charge in [0.25, 0.3) is 0 Å². The monoisotopic (exact) mass is 406 g/mol. The highest BCUT2D eigenvalue weighted by molar-refractivity contribution is 7.89. The van der Waals surface area contributed by atoms with E-state index in [1.807, 2.05) is 45.4 Å². The minimum atomic E-state index is -3.67. The summed E-state index contributed by atoms with van der Waals surface area (Å²) in [5, 5.41) is 2.81. The molecule has 0 aliphatic carbocycles. The molecule has 2 aromatic rings. The number of carbonyl (C=O) groups excluding carboxylic acids is 1. The lowest BCUT2D eigenvalue weighted by molar-refractivity contribution is -0.120. The fraction of sp³-hybridized carbons (Fsp3) is 0.500. The van der Waals surface area contributed by atoms with Crippen LogP contribution in [0.1, 0.15) is 40.7 Å². The van der Waals surface area contributed by atoms with Crippen LogP contribution in [0, 0.1) is 34.6 Å². The van der Waals surface area contributed by atoms with Gasteiger partial charge in [0.05, 0.1) is 11.2 Å². The number of hydrogen-bond donors (Lipinski definition) is 2. The Morgan fingerprint density at radius 1 is 1.00 bits per heavy atom. The van der Waals surface area contributed by atoms with E-state index in [0.717, 1.165) is 40.8 Å². The Kier molecular flexibility index (Phi) is 7.37. The highest BCUT2D eigenvalue weighted by Crippen LogP contribution is 2.29. The Morgan fingerprint density at radius 3 is 2.18 bits per heavy atom. The molecule has 0 aliphatic rings. The summed E-state index contributed by atoms with van der Waals surface area (Å²) in [6.07, 6.45) is 6.20. The Bertz CT molecular complexity index is 906. The van der Waals surface area contributed by atoms with Gasteiger partial charge in [-0.1, -0.05) is 0 Å². The second-order valence-electron chi connectivity index (χ2n) is 7.11. The third-order valence-corrected chi connectivity index (χ3v) is 7.05. The number of hydrogen-bond acceptors (Lipinski definition) is 4. The van der Waals surface area contributed by atoms with E-state index in [1.165, 1.54) is 0 Å². The number of benzene rings is 1. The highest BCUT2D eigenvalue weighted by atomic mass is 32.2. The van der Waals surface area contributed by atoms with Crippen LogP contribution in [0.25, 0.3) is 0 Å². The predicted octanol–water partition coefficient (Wildman–Crippen LogP) is 2.30. The Morgan fingerprint density at radius 2 is 1.61 bits per heavy atom. The number of aryl methyl sites for hydroxylation is 1. The van der Waals surface area contributed by atoms with E-state index in [2.05, 4.69) is 15.0 Å². The van der Waals surface area contributed by atoms with Crippen molar-refractivity contribution in [3.05, 3.63) is 46.5 Å². The summed E-state index contributed by atoms with van der Waals surface area (Å²) in [5.74, 6) is -0.168. The SMILES string of the molecule is Cc1c(C)c(C)c(S(=O)(=O)NCCC(=O)NCCCn2ccnc2)c(C)c1C. The number of nitrogens with zero attached hydrogens (tertiary/aromatic N) is 2. The molecule has 0 saturated carbocycles. The molecule has 0 aliphatic heterocycles. The number of sulfonamides is 1. The van der Waals surface area contributed by atoms with Gasteiger partial charge in [0.15, 0.2) is 0 Å². The van der Waals surface area contributed by atoms with Crippen LogP contribution in [-0.2, 0) is 21.4 Å². The lowest BCUT2D eigenvalue weighted by Crippen LogP contribution is -2.32. The van der Waals surface area contributed by atoms with E-state index in [-0.39, 0.29) is 18.9 Å². The predicted molar refractivity (Wildman–Crippen MR) is 110 cm³/mol. The van der Waals surface area contributed by atoms with Gasteiger partial charge < -0.3 is 9.88 Å². The molecule has 8 heteroatoms. The van der Waals surface area contributed by atoms with Crippen LogP contribution in [-0.4, -0.2) is 37.0 Å². The summed E-state index contributed by atoms with van der Waals surface area (Å²) in [6, 6.07) is 0. The van der Waals surface area contributed by atoms with E-state index in [0.29, 0.717) is 11.4 Å². The average Bonchev–Trinajstić information content (AvgIpc) is 3.15. The standard InChI is InChI=1S/C20H30N4O3S/c1-14-15(2)17(4)20(18(5)16(14)3)28(26,27)23-9-7-19(25)22-8-6-11-24-12-10-21-13-24/h10,12-13,23H,6-9,11H2,1-5H3,(H,22,25). The van der Waals surface area contributed by atoms with E-state index in [4.69, 9.17) is 0 Å². The van der Waals surface area contributed by atoms with Crippen molar-refractivity contribution < 1.29 is 13.2 Å². The van der Waals surface area contributed by atoms with Crippen LogP contribution in [0.15, 0.2) is 23.6 Å². The van der Waals surface area contributed by atoms with Gasteiger partial charge in [0.2, 0.25) is 15.9 Å². The molecule has 1 amide bonds. The average molecular weight is 407 g/mol. The maximum absolute atomic E-state index is 12.8. The van der Waals surface area contributed by atoms with Gasteiger partial charge in [-0.25, -0.2) is 18.1 Å². The zero-order valence-electron chi connectivity index (χ0n) is 17.3. The first-order valence-corrected chi connectivity index (χ1v) is 10.9. The van der Waals surface area contributed by atoms with Crippen molar-refractivity contribution in [2.24, 2.45) is 0 Å². The Hall–Kier alpha value is -2.19. The first-order chi connectivity index (χ1) is 13.1. The summed E-state index contributed by atoms with van der Waals surface area (Å²) in [7, 11) is -3.67. The van der Waals surface area contributed by atoms with Crippen LogP contribution in [0.4, 0.5) is 0 Å². The molecule has 1 heterocycles. The van der Waals surface area contributed by atoms with Crippen molar-refractivity contribution in [2.75, 3.05) is 13.1 Å². The Balaban J connectivity index is 1.87. The number of rotatable bonds is 9. The molecule has 0 radical (unpaired) electrons. The topological polar surface area (TPSA) is 93.1 Å². The van der Waals surface area contributed by atoms with E-state index >= 15 is 0 Å². The molecule has 0 bridgehead atoms. The molecule has 28 heavy (non-hydrogen) atoms. The fourth-order valence-corrected chi connectivity index (χ4v) is 4.86. The normalized spacial score (nSPS) is 11.6. The van der Waals surface area contributed by atoms with Gasteiger partial charge in [-0.2, -0.15) is 0 Å². The first kappa shape index (κ1) is 22.1. The summed E-state index contributed by atoms with van der Waals surface area (Å²) in [6.45, 7) is 10.9. The Labute approximate surface area is 167 Å². The molecule has 0 atom stereocenters. The second kappa shape index (κ2) is 9.34. The zero-order valence-corrected chi connectivity index (χ0v) is 18.1. The number of imidazole rings is 1. The lowest BCUT2D eigenvalue weighted by atomic mass is 9.95. The van der Waals surface area contributed by atoms with E-state index in [1.54, 1.807) is 12.5 Å². The largest absolute Gasteiger partial charge is 0.356 e. The van der Waals surface area contributed by atoms with Crippen LogP contribution in [0.2, 0.25) is 0 Å². The first-order valence-electron chi connectivity index (χ1n) is 9.44. The second-order valence-corrected chi connectivity index (χ2v) is 8.81. The lowest BCUT2D eigenvalue weighted by Gasteiger charge is -2.19. The molecule has 0 spiro atoms.